The van der Waals surface area contributed by atoms with Crippen LogP contribution in [0.3, 0.4) is 0 Å². The molecule has 0 heterocycles. The molecule has 2 unspecified atom stereocenters. The maximum Gasteiger partial charge on any atom is 0.416 e. The molecule has 23 heavy (non-hydrogen) atoms. The molecule has 0 aliphatic rings. The summed E-state index contributed by atoms with van der Waals surface area (Å²) in [5, 5.41) is 8.99. The van der Waals surface area contributed by atoms with Gasteiger partial charge in [-0.05, 0) is 49.3 Å². The number of alkyl halides is 3. The van der Waals surface area contributed by atoms with Crippen LogP contribution < -0.4 is 5.73 Å². The van der Waals surface area contributed by atoms with Crippen LogP contribution in [0, 0.1) is 11.8 Å². The smallest absolute Gasteiger partial charge is 0.416 e. The van der Waals surface area contributed by atoms with Gasteiger partial charge in [-0.2, -0.15) is 13.2 Å². The molecule has 3 N–H and O–H groups in total. The summed E-state index contributed by atoms with van der Waals surface area (Å²) in [4.78, 5) is 11.0. The van der Waals surface area contributed by atoms with Gasteiger partial charge in [-0.1, -0.05) is 25.5 Å². The van der Waals surface area contributed by atoms with Crippen LogP contribution in [-0.4, -0.2) is 17.6 Å². The quantitative estimate of drug-likeness (QED) is 0.716. The normalized spacial score (nSPS) is 14.5. The third-order valence-electron chi connectivity index (χ3n) is 4.26. The summed E-state index contributed by atoms with van der Waals surface area (Å²) in [6, 6.07) is 5.22. The Morgan fingerprint density at radius 2 is 1.78 bits per heavy atom. The summed E-state index contributed by atoms with van der Waals surface area (Å²) in [6.45, 7) is 2.17. The fraction of sp³-hybridized carbons (Fsp3) is 0.588. The molecule has 0 bridgehead atoms. The maximum absolute atomic E-state index is 12.5. The van der Waals surface area contributed by atoms with Gasteiger partial charge in [0.15, 0.2) is 0 Å². The van der Waals surface area contributed by atoms with Crippen molar-refractivity contribution in [2.45, 2.75) is 45.2 Å². The molecule has 0 aliphatic heterocycles. The van der Waals surface area contributed by atoms with Crippen LogP contribution in [0.5, 0.6) is 0 Å². The van der Waals surface area contributed by atoms with E-state index in [2.05, 4.69) is 0 Å². The lowest BCUT2D eigenvalue weighted by atomic mass is 9.89. The zero-order chi connectivity index (χ0) is 17.5. The zero-order valence-electron chi connectivity index (χ0n) is 13.3. The van der Waals surface area contributed by atoms with E-state index in [0.717, 1.165) is 37.0 Å². The Labute approximate surface area is 134 Å². The van der Waals surface area contributed by atoms with E-state index < -0.39 is 23.6 Å². The molecule has 0 aliphatic carbocycles. The molecule has 1 rings (SSSR count). The second kappa shape index (κ2) is 8.91. The Morgan fingerprint density at radius 1 is 1.17 bits per heavy atom. The van der Waals surface area contributed by atoms with Crippen molar-refractivity contribution in [3.63, 3.8) is 0 Å². The molecule has 130 valence electrons. The third kappa shape index (κ3) is 6.60. The highest BCUT2D eigenvalue weighted by Crippen LogP contribution is 2.29. The van der Waals surface area contributed by atoms with Crippen molar-refractivity contribution in [3.8, 4) is 0 Å². The van der Waals surface area contributed by atoms with Gasteiger partial charge in [0, 0.05) is 6.54 Å². The van der Waals surface area contributed by atoms with Crippen molar-refractivity contribution >= 4 is 5.97 Å². The molecule has 2 atom stereocenters. The highest BCUT2D eigenvalue weighted by molar-refractivity contribution is 5.70. The fourth-order valence-electron chi connectivity index (χ4n) is 2.56. The van der Waals surface area contributed by atoms with E-state index in [1.165, 1.54) is 12.1 Å². The summed E-state index contributed by atoms with van der Waals surface area (Å²) in [5.41, 5.74) is 5.67. The largest absolute Gasteiger partial charge is 0.481 e. The van der Waals surface area contributed by atoms with Gasteiger partial charge in [-0.25, -0.2) is 0 Å². The summed E-state index contributed by atoms with van der Waals surface area (Å²) in [6.07, 6.45) is -0.561. The monoisotopic (exact) mass is 331 g/mol. The highest BCUT2D eigenvalue weighted by atomic mass is 19.4. The number of aliphatic carboxylic acids is 1. The van der Waals surface area contributed by atoms with Crippen molar-refractivity contribution in [2.24, 2.45) is 17.6 Å². The van der Waals surface area contributed by atoms with Crippen LogP contribution in [0.1, 0.15) is 43.7 Å². The number of halogens is 3. The molecule has 1 aromatic carbocycles. The minimum atomic E-state index is -4.31. The number of rotatable bonds is 9. The number of hydrogen-bond acceptors (Lipinski definition) is 2. The SMILES string of the molecule is CCC(CCc1ccc(C(F)(F)F)cc1)CCC(CN)C(=O)O. The van der Waals surface area contributed by atoms with Crippen LogP contribution >= 0.6 is 0 Å². The van der Waals surface area contributed by atoms with E-state index in [0.29, 0.717) is 18.8 Å². The van der Waals surface area contributed by atoms with Gasteiger partial charge < -0.3 is 10.8 Å². The summed E-state index contributed by atoms with van der Waals surface area (Å²) in [5.74, 6) is -1.04. The van der Waals surface area contributed by atoms with Crippen LogP contribution in [0.2, 0.25) is 0 Å². The lowest BCUT2D eigenvalue weighted by Crippen LogP contribution is -2.24. The summed E-state index contributed by atoms with van der Waals surface area (Å²) >= 11 is 0. The Morgan fingerprint density at radius 3 is 2.22 bits per heavy atom. The van der Waals surface area contributed by atoms with Gasteiger partial charge >= 0.3 is 12.1 Å². The molecule has 0 radical (unpaired) electrons. The van der Waals surface area contributed by atoms with E-state index in [4.69, 9.17) is 10.8 Å². The molecular weight excluding hydrogens is 307 g/mol. The molecule has 1 aromatic rings. The number of nitrogens with two attached hydrogens (primary N) is 1. The van der Waals surface area contributed by atoms with Crippen molar-refractivity contribution < 1.29 is 23.1 Å². The van der Waals surface area contributed by atoms with Crippen LogP contribution in [0.15, 0.2) is 24.3 Å². The first-order valence-corrected chi connectivity index (χ1v) is 7.86. The molecule has 3 nitrogen and oxygen atoms in total. The minimum Gasteiger partial charge on any atom is -0.481 e. The number of aryl methyl sites for hydroxylation is 1. The zero-order valence-corrected chi connectivity index (χ0v) is 13.3. The minimum absolute atomic E-state index is 0.130. The molecule has 0 aromatic heterocycles. The number of carboxylic acid groups (broad SMARTS) is 1. The van der Waals surface area contributed by atoms with Crippen molar-refractivity contribution in [2.75, 3.05) is 6.54 Å². The van der Waals surface area contributed by atoms with E-state index in [-0.39, 0.29) is 6.54 Å². The third-order valence-corrected chi connectivity index (χ3v) is 4.26. The van der Waals surface area contributed by atoms with Gasteiger partial charge in [0.2, 0.25) is 0 Å². The molecular formula is C17H24F3NO2. The second-order valence-electron chi connectivity index (χ2n) is 5.86. The fourth-order valence-corrected chi connectivity index (χ4v) is 2.56. The second-order valence-corrected chi connectivity index (χ2v) is 5.86. The number of carbonyl (C=O) groups is 1. The van der Waals surface area contributed by atoms with Gasteiger partial charge in [0.25, 0.3) is 0 Å². The Bertz CT molecular complexity index is 486. The predicted octanol–water partition coefficient (Wildman–Crippen LogP) is 4.10. The van der Waals surface area contributed by atoms with E-state index in [9.17, 15) is 18.0 Å². The average Bonchev–Trinajstić information content (AvgIpc) is 2.50. The maximum atomic E-state index is 12.5. The lowest BCUT2D eigenvalue weighted by Gasteiger charge is -2.17. The van der Waals surface area contributed by atoms with Gasteiger partial charge in [-0.3, -0.25) is 4.79 Å². The van der Waals surface area contributed by atoms with Gasteiger partial charge in [-0.15, -0.1) is 0 Å². The molecule has 0 fully saturated rings. The van der Waals surface area contributed by atoms with Gasteiger partial charge in [0.1, 0.15) is 0 Å². The van der Waals surface area contributed by atoms with Crippen molar-refractivity contribution in [1.29, 1.82) is 0 Å². The van der Waals surface area contributed by atoms with E-state index >= 15 is 0 Å². The number of carboxylic acids is 1. The first kappa shape index (κ1) is 19.5. The molecule has 0 amide bonds. The van der Waals surface area contributed by atoms with Gasteiger partial charge in [0.05, 0.1) is 11.5 Å². The molecule has 0 spiro atoms. The summed E-state index contributed by atoms with van der Waals surface area (Å²) < 4.78 is 37.5. The first-order chi connectivity index (χ1) is 10.8. The van der Waals surface area contributed by atoms with E-state index in [1.54, 1.807) is 0 Å². The standard InChI is InChI=1S/C17H24F3NO2/c1-2-12(5-8-14(11-21)16(22)23)3-4-13-6-9-15(10-7-13)17(18,19)20/h6-7,9-10,12,14H,2-5,8,11,21H2,1H3,(H,22,23). The van der Waals surface area contributed by atoms with Crippen LogP contribution in [0.25, 0.3) is 0 Å². The number of benzene rings is 1. The van der Waals surface area contributed by atoms with Crippen LogP contribution in [0.4, 0.5) is 13.2 Å². The van der Waals surface area contributed by atoms with Crippen molar-refractivity contribution in [1.82, 2.24) is 0 Å². The van der Waals surface area contributed by atoms with Crippen LogP contribution in [-0.2, 0) is 17.4 Å². The molecule has 0 saturated carbocycles. The van der Waals surface area contributed by atoms with Crippen molar-refractivity contribution in [3.05, 3.63) is 35.4 Å². The molecule has 6 heteroatoms. The lowest BCUT2D eigenvalue weighted by molar-refractivity contribution is -0.141. The summed E-state index contributed by atoms with van der Waals surface area (Å²) in [7, 11) is 0. The van der Waals surface area contributed by atoms with E-state index in [1.807, 2.05) is 6.92 Å². The predicted molar refractivity (Wildman–Crippen MR) is 83.0 cm³/mol. The average molecular weight is 331 g/mol. The first-order valence-electron chi connectivity index (χ1n) is 7.86. The Hall–Kier alpha value is -1.56. The number of hydrogen-bond donors (Lipinski definition) is 2. The molecule has 0 saturated heterocycles. The topological polar surface area (TPSA) is 63.3 Å². The Balaban J connectivity index is 2.49. The highest BCUT2D eigenvalue weighted by Gasteiger charge is 2.29. The Kier molecular flexibility index (Phi) is 7.55.